The number of rotatable bonds is 4. The molecule has 0 saturated heterocycles. The van der Waals surface area contributed by atoms with Gasteiger partial charge in [-0.2, -0.15) is 0 Å². The number of nitrogens with two attached hydrogens (primary N) is 1. The molecule has 2 rings (SSSR count). The molecular formula is C16H20N2. The summed E-state index contributed by atoms with van der Waals surface area (Å²) in [6.45, 7) is 4.28. The van der Waals surface area contributed by atoms with Gasteiger partial charge in [0.1, 0.15) is 0 Å². The van der Waals surface area contributed by atoms with Crippen LogP contribution in [0.5, 0.6) is 0 Å². The Labute approximate surface area is 109 Å². The first-order chi connectivity index (χ1) is 8.68. The third kappa shape index (κ3) is 2.96. The molecule has 2 heteroatoms. The predicted octanol–water partition coefficient (Wildman–Crippen LogP) is 3.33. The summed E-state index contributed by atoms with van der Waals surface area (Å²) in [5.74, 6) is 0. The fourth-order valence-electron chi connectivity index (χ4n) is 2.20. The topological polar surface area (TPSA) is 38.9 Å². The van der Waals surface area contributed by atoms with E-state index in [9.17, 15) is 0 Å². The van der Waals surface area contributed by atoms with Crippen molar-refractivity contribution in [2.75, 3.05) is 0 Å². The number of hydrogen-bond donors (Lipinski definition) is 1. The van der Waals surface area contributed by atoms with Crippen LogP contribution in [0.25, 0.3) is 0 Å². The molecule has 0 aliphatic heterocycles. The van der Waals surface area contributed by atoms with Crippen molar-refractivity contribution in [2.24, 2.45) is 5.73 Å². The van der Waals surface area contributed by atoms with Gasteiger partial charge in [0.25, 0.3) is 0 Å². The fourth-order valence-corrected chi connectivity index (χ4v) is 2.20. The van der Waals surface area contributed by atoms with Crippen LogP contribution in [0.3, 0.4) is 0 Å². The first-order valence-corrected chi connectivity index (χ1v) is 6.39. The Balaban J connectivity index is 2.04. The second-order valence-electron chi connectivity index (χ2n) is 4.80. The van der Waals surface area contributed by atoms with E-state index in [0.717, 1.165) is 12.8 Å². The second kappa shape index (κ2) is 5.78. The molecule has 18 heavy (non-hydrogen) atoms. The molecule has 0 spiro atoms. The third-order valence-corrected chi connectivity index (χ3v) is 3.51. The van der Waals surface area contributed by atoms with Crippen LogP contribution in [0.2, 0.25) is 0 Å². The SMILES string of the molecule is Cc1cccc(C(N)CCc2cccnc2)c1C. The number of hydrogen-bond acceptors (Lipinski definition) is 2. The van der Waals surface area contributed by atoms with E-state index in [4.69, 9.17) is 5.73 Å². The van der Waals surface area contributed by atoms with Gasteiger partial charge in [-0.25, -0.2) is 0 Å². The van der Waals surface area contributed by atoms with Gasteiger partial charge in [0.05, 0.1) is 0 Å². The number of benzene rings is 1. The predicted molar refractivity (Wildman–Crippen MR) is 75.4 cm³/mol. The Bertz CT molecular complexity index is 506. The molecule has 1 atom stereocenters. The molecule has 0 radical (unpaired) electrons. The molecule has 1 unspecified atom stereocenters. The van der Waals surface area contributed by atoms with Gasteiger partial charge in [0.2, 0.25) is 0 Å². The van der Waals surface area contributed by atoms with Gasteiger partial charge in [-0.1, -0.05) is 24.3 Å². The van der Waals surface area contributed by atoms with Crippen molar-refractivity contribution in [2.45, 2.75) is 32.7 Å². The molecule has 0 saturated carbocycles. The summed E-state index contributed by atoms with van der Waals surface area (Å²) in [5, 5.41) is 0. The lowest BCUT2D eigenvalue weighted by Gasteiger charge is -2.16. The number of aromatic nitrogens is 1. The zero-order valence-electron chi connectivity index (χ0n) is 11.1. The van der Waals surface area contributed by atoms with Gasteiger partial charge >= 0.3 is 0 Å². The first-order valence-electron chi connectivity index (χ1n) is 6.39. The molecule has 0 fully saturated rings. The summed E-state index contributed by atoms with van der Waals surface area (Å²) >= 11 is 0. The maximum Gasteiger partial charge on any atom is 0.0300 e. The zero-order valence-corrected chi connectivity index (χ0v) is 11.1. The van der Waals surface area contributed by atoms with E-state index >= 15 is 0 Å². The van der Waals surface area contributed by atoms with Crippen LogP contribution in [0.15, 0.2) is 42.7 Å². The van der Waals surface area contributed by atoms with E-state index in [-0.39, 0.29) is 6.04 Å². The van der Waals surface area contributed by atoms with Gasteiger partial charge in [-0.05, 0) is 55.0 Å². The van der Waals surface area contributed by atoms with E-state index in [1.165, 1.54) is 22.3 Å². The van der Waals surface area contributed by atoms with Crippen molar-refractivity contribution in [1.82, 2.24) is 4.98 Å². The minimum atomic E-state index is 0.102. The number of aryl methyl sites for hydroxylation is 2. The Morgan fingerprint density at radius 3 is 2.72 bits per heavy atom. The number of nitrogens with zero attached hydrogens (tertiary/aromatic N) is 1. The lowest BCUT2D eigenvalue weighted by atomic mass is 9.94. The highest BCUT2D eigenvalue weighted by Gasteiger charge is 2.10. The summed E-state index contributed by atoms with van der Waals surface area (Å²) in [7, 11) is 0. The first kappa shape index (κ1) is 12.8. The van der Waals surface area contributed by atoms with Crippen molar-refractivity contribution in [3.8, 4) is 0 Å². The minimum Gasteiger partial charge on any atom is -0.324 e. The maximum atomic E-state index is 6.29. The lowest BCUT2D eigenvalue weighted by molar-refractivity contribution is 0.646. The Morgan fingerprint density at radius 1 is 1.17 bits per heavy atom. The van der Waals surface area contributed by atoms with Crippen LogP contribution in [0.4, 0.5) is 0 Å². The molecular weight excluding hydrogens is 220 g/mol. The highest BCUT2D eigenvalue weighted by atomic mass is 14.6. The standard InChI is InChI=1S/C16H20N2/c1-12-5-3-7-15(13(12)2)16(17)9-8-14-6-4-10-18-11-14/h3-7,10-11,16H,8-9,17H2,1-2H3. The van der Waals surface area contributed by atoms with Crippen LogP contribution in [0.1, 0.15) is 34.7 Å². The quantitative estimate of drug-likeness (QED) is 0.890. The van der Waals surface area contributed by atoms with Crippen LogP contribution in [0, 0.1) is 13.8 Å². The van der Waals surface area contributed by atoms with Gasteiger partial charge in [0, 0.05) is 18.4 Å². The van der Waals surface area contributed by atoms with E-state index in [1.54, 1.807) is 6.20 Å². The molecule has 0 aliphatic rings. The molecule has 1 aromatic heterocycles. The minimum absolute atomic E-state index is 0.102. The normalized spacial score (nSPS) is 12.4. The fraction of sp³-hybridized carbons (Fsp3) is 0.312. The van der Waals surface area contributed by atoms with Gasteiger partial charge < -0.3 is 5.73 Å². The van der Waals surface area contributed by atoms with E-state index in [0.29, 0.717) is 0 Å². The lowest BCUT2D eigenvalue weighted by Crippen LogP contribution is -2.13. The van der Waals surface area contributed by atoms with Crippen molar-refractivity contribution in [3.05, 3.63) is 65.0 Å². The maximum absolute atomic E-state index is 6.29. The van der Waals surface area contributed by atoms with Gasteiger partial charge in [-0.15, -0.1) is 0 Å². The Kier molecular flexibility index (Phi) is 4.11. The molecule has 2 aromatic rings. The van der Waals surface area contributed by atoms with Crippen molar-refractivity contribution < 1.29 is 0 Å². The summed E-state index contributed by atoms with van der Waals surface area (Å²) in [6.07, 6.45) is 5.64. The van der Waals surface area contributed by atoms with Gasteiger partial charge in [-0.3, -0.25) is 4.98 Å². The van der Waals surface area contributed by atoms with Crippen LogP contribution in [-0.2, 0) is 6.42 Å². The number of pyridine rings is 1. The summed E-state index contributed by atoms with van der Waals surface area (Å²) in [5.41, 5.74) is 11.4. The van der Waals surface area contributed by atoms with Crippen LogP contribution >= 0.6 is 0 Å². The molecule has 2 nitrogen and oxygen atoms in total. The molecule has 2 N–H and O–H groups in total. The Morgan fingerprint density at radius 2 is 2.00 bits per heavy atom. The highest BCUT2D eigenvalue weighted by molar-refractivity contribution is 5.35. The second-order valence-corrected chi connectivity index (χ2v) is 4.80. The monoisotopic (exact) mass is 240 g/mol. The smallest absolute Gasteiger partial charge is 0.0300 e. The summed E-state index contributed by atoms with van der Waals surface area (Å²) < 4.78 is 0. The van der Waals surface area contributed by atoms with E-state index < -0.39 is 0 Å². The van der Waals surface area contributed by atoms with E-state index in [1.807, 2.05) is 12.3 Å². The summed E-state index contributed by atoms with van der Waals surface area (Å²) in [6, 6.07) is 10.5. The molecule has 0 aliphatic carbocycles. The van der Waals surface area contributed by atoms with Crippen molar-refractivity contribution in [3.63, 3.8) is 0 Å². The molecule has 0 amide bonds. The Hall–Kier alpha value is -1.67. The molecule has 1 aromatic carbocycles. The van der Waals surface area contributed by atoms with Gasteiger partial charge in [0.15, 0.2) is 0 Å². The zero-order chi connectivity index (χ0) is 13.0. The molecule has 1 heterocycles. The van der Waals surface area contributed by atoms with E-state index in [2.05, 4.69) is 43.1 Å². The largest absolute Gasteiger partial charge is 0.324 e. The summed E-state index contributed by atoms with van der Waals surface area (Å²) in [4.78, 5) is 4.13. The molecule has 94 valence electrons. The van der Waals surface area contributed by atoms with Crippen molar-refractivity contribution in [1.29, 1.82) is 0 Å². The van der Waals surface area contributed by atoms with Crippen LogP contribution < -0.4 is 5.73 Å². The molecule has 0 bridgehead atoms. The van der Waals surface area contributed by atoms with Crippen molar-refractivity contribution >= 4 is 0 Å². The highest BCUT2D eigenvalue weighted by Crippen LogP contribution is 2.22. The third-order valence-electron chi connectivity index (χ3n) is 3.51. The average molecular weight is 240 g/mol. The average Bonchev–Trinajstić information content (AvgIpc) is 2.40. The van der Waals surface area contributed by atoms with Crippen LogP contribution in [-0.4, -0.2) is 4.98 Å².